The summed E-state index contributed by atoms with van der Waals surface area (Å²) < 4.78 is 2.05. The Morgan fingerprint density at radius 1 is 1.44 bits per heavy atom. The Hall–Kier alpha value is -0.570. The third kappa shape index (κ3) is 3.47. The van der Waals surface area contributed by atoms with Gasteiger partial charge in [0.15, 0.2) is 0 Å². The van der Waals surface area contributed by atoms with Gasteiger partial charge in [-0.05, 0) is 37.0 Å². The van der Waals surface area contributed by atoms with E-state index in [1.807, 2.05) is 4.68 Å². The maximum absolute atomic E-state index is 6.47. The fourth-order valence-corrected chi connectivity index (χ4v) is 3.17. The van der Waals surface area contributed by atoms with E-state index in [9.17, 15) is 0 Å². The Labute approximate surface area is 115 Å². The highest BCUT2D eigenvalue weighted by Gasteiger charge is 2.28. The van der Waals surface area contributed by atoms with E-state index in [-0.39, 0.29) is 0 Å². The standard InChI is InChI=1S/C14H24ClN3/c1-10(2)8-18-14(16-9-17-18)7-12-6-11(3)4-5-13(12)15/h9-13H,4-8H2,1-3H3. The molecule has 102 valence electrons. The van der Waals surface area contributed by atoms with E-state index in [0.29, 0.717) is 17.2 Å². The Morgan fingerprint density at radius 2 is 2.22 bits per heavy atom. The van der Waals surface area contributed by atoms with Crippen molar-refractivity contribution in [3.8, 4) is 0 Å². The van der Waals surface area contributed by atoms with Crippen molar-refractivity contribution in [2.75, 3.05) is 0 Å². The number of hydrogen-bond donors (Lipinski definition) is 0. The highest BCUT2D eigenvalue weighted by molar-refractivity contribution is 6.20. The Morgan fingerprint density at radius 3 is 2.94 bits per heavy atom. The van der Waals surface area contributed by atoms with Gasteiger partial charge in [-0.25, -0.2) is 9.67 Å². The summed E-state index contributed by atoms with van der Waals surface area (Å²) in [5, 5.41) is 4.64. The van der Waals surface area contributed by atoms with Gasteiger partial charge in [-0.15, -0.1) is 11.6 Å². The molecule has 3 unspecified atom stereocenters. The fraction of sp³-hybridized carbons (Fsp3) is 0.857. The molecule has 1 heterocycles. The van der Waals surface area contributed by atoms with Crippen LogP contribution in [0.3, 0.4) is 0 Å². The average molecular weight is 270 g/mol. The van der Waals surface area contributed by atoms with Crippen LogP contribution in [-0.2, 0) is 13.0 Å². The topological polar surface area (TPSA) is 30.7 Å². The first-order valence-electron chi connectivity index (χ1n) is 7.07. The minimum Gasteiger partial charge on any atom is -0.250 e. The highest BCUT2D eigenvalue weighted by atomic mass is 35.5. The third-order valence-corrected chi connectivity index (χ3v) is 4.41. The van der Waals surface area contributed by atoms with Gasteiger partial charge in [0.25, 0.3) is 0 Å². The van der Waals surface area contributed by atoms with Crippen molar-refractivity contribution in [3.63, 3.8) is 0 Å². The molecule has 2 rings (SSSR count). The first kappa shape index (κ1) is 13.9. The number of halogens is 1. The monoisotopic (exact) mass is 269 g/mol. The van der Waals surface area contributed by atoms with E-state index in [0.717, 1.165) is 31.1 Å². The lowest BCUT2D eigenvalue weighted by Gasteiger charge is -2.31. The molecule has 1 aliphatic rings. The van der Waals surface area contributed by atoms with Gasteiger partial charge in [0.2, 0.25) is 0 Å². The maximum atomic E-state index is 6.47. The van der Waals surface area contributed by atoms with E-state index in [1.54, 1.807) is 6.33 Å². The lowest BCUT2D eigenvalue weighted by atomic mass is 9.80. The van der Waals surface area contributed by atoms with Crippen molar-refractivity contribution < 1.29 is 0 Å². The number of aromatic nitrogens is 3. The van der Waals surface area contributed by atoms with Crippen molar-refractivity contribution in [2.24, 2.45) is 17.8 Å². The minimum absolute atomic E-state index is 0.311. The molecule has 1 aliphatic carbocycles. The summed E-state index contributed by atoms with van der Waals surface area (Å²) in [7, 11) is 0. The van der Waals surface area contributed by atoms with Crippen LogP contribution in [0.4, 0.5) is 0 Å². The number of nitrogens with zero attached hydrogens (tertiary/aromatic N) is 3. The molecule has 18 heavy (non-hydrogen) atoms. The Bertz CT molecular complexity index is 375. The van der Waals surface area contributed by atoms with Gasteiger partial charge in [0, 0.05) is 18.3 Å². The molecule has 1 fully saturated rings. The number of alkyl halides is 1. The van der Waals surface area contributed by atoms with Crippen molar-refractivity contribution in [1.82, 2.24) is 14.8 Å². The highest BCUT2D eigenvalue weighted by Crippen LogP contribution is 2.34. The minimum atomic E-state index is 0.311. The smallest absolute Gasteiger partial charge is 0.138 e. The van der Waals surface area contributed by atoms with E-state index < -0.39 is 0 Å². The van der Waals surface area contributed by atoms with Crippen LogP contribution >= 0.6 is 11.6 Å². The maximum Gasteiger partial charge on any atom is 0.138 e. The summed E-state index contributed by atoms with van der Waals surface area (Å²) in [4.78, 5) is 4.42. The first-order chi connectivity index (χ1) is 8.56. The molecule has 1 saturated carbocycles. The Kier molecular flexibility index (Phi) is 4.66. The van der Waals surface area contributed by atoms with Gasteiger partial charge in [-0.2, -0.15) is 5.10 Å². The number of rotatable bonds is 4. The van der Waals surface area contributed by atoms with Crippen LogP contribution in [0.25, 0.3) is 0 Å². The molecular formula is C14H24ClN3. The summed E-state index contributed by atoms with van der Waals surface area (Å²) in [5.41, 5.74) is 0. The molecule has 1 aromatic rings. The molecule has 0 saturated heterocycles. The zero-order valence-electron chi connectivity index (χ0n) is 11.6. The van der Waals surface area contributed by atoms with Gasteiger partial charge >= 0.3 is 0 Å². The van der Waals surface area contributed by atoms with Crippen LogP contribution in [0.1, 0.15) is 45.9 Å². The lowest BCUT2D eigenvalue weighted by Crippen LogP contribution is -2.27. The van der Waals surface area contributed by atoms with Crippen molar-refractivity contribution in [1.29, 1.82) is 0 Å². The van der Waals surface area contributed by atoms with Crippen LogP contribution in [-0.4, -0.2) is 20.1 Å². The van der Waals surface area contributed by atoms with E-state index in [2.05, 4.69) is 30.9 Å². The van der Waals surface area contributed by atoms with E-state index >= 15 is 0 Å². The molecule has 4 heteroatoms. The molecule has 0 aliphatic heterocycles. The second-order valence-electron chi connectivity index (χ2n) is 6.15. The van der Waals surface area contributed by atoms with Crippen molar-refractivity contribution in [3.05, 3.63) is 12.2 Å². The second-order valence-corrected chi connectivity index (χ2v) is 6.71. The summed E-state index contributed by atoms with van der Waals surface area (Å²) in [6, 6.07) is 0. The summed E-state index contributed by atoms with van der Waals surface area (Å²) in [6.45, 7) is 7.69. The molecule has 3 nitrogen and oxygen atoms in total. The molecular weight excluding hydrogens is 246 g/mol. The van der Waals surface area contributed by atoms with Gasteiger partial charge in [0.05, 0.1) is 0 Å². The number of hydrogen-bond acceptors (Lipinski definition) is 2. The van der Waals surface area contributed by atoms with Gasteiger partial charge in [-0.1, -0.05) is 20.8 Å². The van der Waals surface area contributed by atoms with Gasteiger partial charge in [-0.3, -0.25) is 0 Å². The lowest BCUT2D eigenvalue weighted by molar-refractivity contribution is 0.279. The molecule has 0 radical (unpaired) electrons. The van der Waals surface area contributed by atoms with E-state index in [4.69, 9.17) is 11.6 Å². The van der Waals surface area contributed by atoms with Crippen LogP contribution in [0.2, 0.25) is 0 Å². The molecule has 1 aromatic heterocycles. The molecule has 0 N–H and O–H groups in total. The van der Waals surface area contributed by atoms with Crippen LogP contribution < -0.4 is 0 Å². The predicted molar refractivity (Wildman–Crippen MR) is 74.7 cm³/mol. The van der Waals surface area contributed by atoms with Crippen molar-refractivity contribution in [2.45, 2.75) is 58.4 Å². The van der Waals surface area contributed by atoms with Gasteiger partial charge < -0.3 is 0 Å². The van der Waals surface area contributed by atoms with Gasteiger partial charge in [0.1, 0.15) is 12.2 Å². The average Bonchev–Trinajstić information content (AvgIpc) is 2.70. The molecule has 0 aromatic carbocycles. The van der Waals surface area contributed by atoms with E-state index in [1.165, 1.54) is 12.8 Å². The first-order valence-corrected chi connectivity index (χ1v) is 7.50. The largest absolute Gasteiger partial charge is 0.250 e. The molecule has 0 amide bonds. The van der Waals surface area contributed by atoms with Crippen molar-refractivity contribution >= 4 is 11.6 Å². The molecule has 3 atom stereocenters. The SMILES string of the molecule is CC(C)Cn1ncnc1CC1CC(C)CCC1Cl. The second kappa shape index (κ2) is 6.05. The quantitative estimate of drug-likeness (QED) is 0.783. The molecule has 0 spiro atoms. The van der Waals surface area contributed by atoms with Crippen LogP contribution in [0, 0.1) is 17.8 Å². The zero-order chi connectivity index (χ0) is 13.1. The predicted octanol–water partition coefficient (Wildman–Crippen LogP) is 3.52. The normalized spacial score (nSPS) is 28.8. The summed E-state index contributed by atoms with van der Waals surface area (Å²) in [5.74, 6) is 3.06. The van der Waals surface area contributed by atoms with Crippen LogP contribution in [0.5, 0.6) is 0 Å². The summed E-state index contributed by atoms with van der Waals surface area (Å²) in [6.07, 6.45) is 6.29. The summed E-state index contributed by atoms with van der Waals surface area (Å²) >= 11 is 6.47. The fourth-order valence-electron chi connectivity index (χ4n) is 2.85. The molecule has 0 bridgehead atoms. The van der Waals surface area contributed by atoms with Crippen LogP contribution in [0.15, 0.2) is 6.33 Å². The Balaban J connectivity index is 2.01. The third-order valence-electron chi connectivity index (χ3n) is 3.83. The zero-order valence-corrected chi connectivity index (χ0v) is 12.4.